The molecule has 126 valence electrons. The number of carbonyl (C=O) groups is 2. The average Bonchev–Trinajstić information content (AvgIpc) is 2.56. The number of halogens is 1. The molecular formula is C18H19FN2O2S. The third kappa shape index (κ3) is 4.35. The first-order chi connectivity index (χ1) is 11.4. The predicted octanol–water partition coefficient (Wildman–Crippen LogP) is 3.57. The summed E-state index contributed by atoms with van der Waals surface area (Å²) in [6.45, 7) is 1.62. The number of rotatable bonds is 5. The summed E-state index contributed by atoms with van der Waals surface area (Å²) in [5, 5.41) is 2.80. The number of thioether (sulfide) groups is 1. The number of amides is 2. The van der Waals surface area contributed by atoms with Gasteiger partial charge in [0.2, 0.25) is 5.91 Å². The Hall–Kier alpha value is -2.34. The maximum atomic E-state index is 13.4. The van der Waals surface area contributed by atoms with Gasteiger partial charge in [0, 0.05) is 17.5 Å². The molecule has 2 aromatic carbocycles. The maximum Gasteiger partial charge on any atom is 0.254 e. The van der Waals surface area contributed by atoms with Crippen molar-refractivity contribution in [2.45, 2.75) is 11.8 Å². The third-order valence-corrected chi connectivity index (χ3v) is 4.33. The summed E-state index contributed by atoms with van der Waals surface area (Å²) in [6.07, 6.45) is 1.92. The summed E-state index contributed by atoms with van der Waals surface area (Å²) in [6, 6.07) is 11.5. The number of carbonyl (C=O) groups excluding carboxylic acids is 2. The van der Waals surface area contributed by atoms with Crippen LogP contribution < -0.4 is 5.32 Å². The number of nitrogens with zero attached hydrogens (tertiary/aromatic N) is 1. The molecule has 0 aliphatic rings. The largest absolute Gasteiger partial charge is 0.332 e. The highest BCUT2D eigenvalue weighted by Gasteiger charge is 2.18. The lowest BCUT2D eigenvalue weighted by Gasteiger charge is -2.18. The fraction of sp³-hybridized carbons (Fsp3) is 0.222. The first-order valence-corrected chi connectivity index (χ1v) is 8.59. The molecule has 0 saturated carbocycles. The van der Waals surface area contributed by atoms with Gasteiger partial charge in [-0.25, -0.2) is 4.39 Å². The van der Waals surface area contributed by atoms with Crippen LogP contribution in [0.4, 0.5) is 10.1 Å². The molecule has 0 aliphatic carbocycles. The van der Waals surface area contributed by atoms with Crippen molar-refractivity contribution in [3.8, 4) is 0 Å². The van der Waals surface area contributed by atoms with E-state index in [-0.39, 0.29) is 23.9 Å². The van der Waals surface area contributed by atoms with Crippen LogP contribution in [-0.2, 0) is 4.79 Å². The summed E-state index contributed by atoms with van der Waals surface area (Å²) in [7, 11) is 1.52. The Morgan fingerprint density at radius 2 is 1.92 bits per heavy atom. The van der Waals surface area contributed by atoms with E-state index in [2.05, 4.69) is 5.32 Å². The molecule has 24 heavy (non-hydrogen) atoms. The lowest BCUT2D eigenvalue weighted by atomic mass is 10.1. The normalized spacial score (nSPS) is 10.3. The van der Waals surface area contributed by atoms with Crippen LogP contribution in [0.25, 0.3) is 0 Å². The zero-order valence-corrected chi connectivity index (χ0v) is 14.6. The zero-order chi connectivity index (χ0) is 17.7. The van der Waals surface area contributed by atoms with Crippen molar-refractivity contribution in [1.82, 2.24) is 4.90 Å². The number of aryl methyl sites for hydroxylation is 1. The van der Waals surface area contributed by atoms with E-state index in [0.29, 0.717) is 11.3 Å². The number of hydrogen-bond donors (Lipinski definition) is 1. The topological polar surface area (TPSA) is 49.4 Å². The Labute approximate surface area is 145 Å². The monoisotopic (exact) mass is 346 g/mol. The summed E-state index contributed by atoms with van der Waals surface area (Å²) in [5.41, 5.74) is 1.63. The van der Waals surface area contributed by atoms with Crippen molar-refractivity contribution in [2.24, 2.45) is 0 Å². The molecule has 0 saturated heterocycles. The molecular weight excluding hydrogens is 327 g/mol. The maximum absolute atomic E-state index is 13.4. The standard InChI is InChI=1S/C18H19FN2O2S/c1-12-8-9-13(19)10-14(12)18(23)21(2)11-17(22)20-15-6-4-5-7-16(15)24-3/h4-10H,11H2,1-3H3,(H,20,22). The van der Waals surface area contributed by atoms with Gasteiger partial charge in [0.15, 0.2) is 0 Å². The van der Waals surface area contributed by atoms with E-state index in [4.69, 9.17) is 0 Å². The van der Waals surface area contributed by atoms with Gasteiger partial charge in [-0.1, -0.05) is 18.2 Å². The van der Waals surface area contributed by atoms with Crippen LogP contribution in [0.15, 0.2) is 47.4 Å². The number of benzene rings is 2. The number of likely N-dealkylation sites (N-methyl/N-ethyl adjacent to an activating group) is 1. The molecule has 0 heterocycles. The fourth-order valence-corrected chi connectivity index (χ4v) is 2.81. The van der Waals surface area contributed by atoms with Crippen LogP contribution in [0, 0.1) is 12.7 Å². The van der Waals surface area contributed by atoms with Crippen LogP contribution in [-0.4, -0.2) is 36.6 Å². The van der Waals surface area contributed by atoms with Gasteiger partial charge in [0.25, 0.3) is 5.91 Å². The molecule has 2 aromatic rings. The Morgan fingerprint density at radius 1 is 1.21 bits per heavy atom. The molecule has 1 N–H and O–H groups in total. The minimum absolute atomic E-state index is 0.114. The highest BCUT2D eigenvalue weighted by molar-refractivity contribution is 7.98. The Morgan fingerprint density at radius 3 is 2.62 bits per heavy atom. The molecule has 6 heteroatoms. The first-order valence-electron chi connectivity index (χ1n) is 7.37. The molecule has 0 aromatic heterocycles. The third-order valence-electron chi connectivity index (χ3n) is 3.54. The summed E-state index contributed by atoms with van der Waals surface area (Å²) >= 11 is 1.53. The predicted molar refractivity (Wildman–Crippen MR) is 95.0 cm³/mol. The smallest absolute Gasteiger partial charge is 0.254 e. The summed E-state index contributed by atoms with van der Waals surface area (Å²) < 4.78 is 13.4. The lowest BCUT2D eigenvalue weighted by molar-refractivity contribution is -0.116. The van der Waals surface area contributed by atoms with E-state index in [0.717, 1.165) is 4.90 Å². The molecule has 0 unspecified atom stereocenters. The molecule has 4 nitrogen and oxygen atoms in total. The Kier molecular flexibility index (Phi) is 5.98. The van der Waals surface area contributed by atoms with Gasteiger partial charge in [0.05, 0.1) is 12.2 Å². The van der Waals surface area contributed by atoms with Gasteiger partial charge >= 0.3 is 0 Å². The van der Waals surface area contributed by atoms with Gasteiger partial charge < -0.3 is 10.2 Å². The number of nitrogens with one attached hydrogen (secondary N) is 1. The minimum atomic E-state index is -0.476. The van der Waals surface area contributed by atoms with Crippen LogP contribution in [0.2, 0.25) is 0 Å². The van der Waals surface area contributed by atoms with Crippen molar-refractivity contribution in [2.75, 3.05) is 25.2 Å². The molecule has 0 aliphatic heterocycles. The molecule has 0 bridgehead atoms. The van der Waals surface area contributed by atoms with Crippen molar-refractivity contribution >= 4 is 29.3 Å². The van der Waals surface area contributed by atoms with E-state index < -0.39 is 5.82 Å². The van der Waals surface area contributed by atoms with E-state index >= 15 is 0 Å². The van der Waals surface area contributed by atoms with E-state index in [9.17, 15) is 14.0 Å². The minimum Gasteiger partial charge on any atom is -0.332 e. The lowest BCUT2D eigenvalue weighted by Crippen LogP contribution is -2.35. The highest BCUT2D eigenvalue weighted by atomic mass is 32.2. The van der Waals surface area contributed by atoms with Crippen LogP contribution in [0.5, 0.6) is 0 Å². The van der Waals surface area contributed by atoms with Crippen molar-refractivity contribution in [1.29, 1.82) is 0 Å². The number of para-hydroxylation sites is 1. The molecule has 2 amide bonds. The molecule has 0 atom stereocenters. The summed E-state index contributed by atoms with van der Waals surface area (Å²) in [5.74, 6) is -1.17. The van der Waals surface area contributed by atoms with E-state index in [1.54, 1.807) is 13.0 Å². The fourth-order valence-electron chi connectivity index (χ4n) is 2.26. The van der Waals surface area contributed by atoms with Gasteiger partial charge in [-0.2, -0.15) is 0 Å². The Bertz CT molecular complexity index is 764. The van der Waals surface area contributed by atoms with Crippen molar-refractivity contribution in [3.63, 3.8) is 0 Å². The first kappa shape index (κ1) is 18.0. The van der Waals surface area contributed by atoms with Crippen LogP contribution in [0.3, 0.4) is 0 Å². The van der Waals surface area contributed by atoms with Gasteiger partial charge in [-0.15, -0.1) is 11.8 Å². The van der Waals surface area contributed by atoms with Crippen LogP contribution >= 0.6 is 11.8 Å². The number of hydrogen-bond acceptors (Lipinski definition) is 3. The molecule has 0 fully saturated rings. The van der Waals surface area contributed by atoms with E-state index in [1.165, 1.54) is 35.8 Å². The highest BCUT2D eigenvalue weighted by Crippen LogP contribution is 2.24. The van der Waals surface area contributed by atoms with Crippen molar-refractivity contribution < 1.29 is 14.0 Å². The average molecular weight is 346 g/mol. The molecule has 2 rings (SSSR count). The van der Waals surface area contributed by atoms with Crippen molar-refractivity contribution in [3.05, 3.63) is 59.4 Å². The quantitative estimate of drug-likeness (QED) is 0.842. The van der Waals surface area contributed by atoms with Gasteiger partial charge in [-0.3, -0.25) is 9.59 Å². The van der Waals surface area contributed by atoms with E-state index in [1.807, 2.05) is 30.5 Å². The summed E-state index contributed by atoms with van der Waals surface area (Å²) in [4.78, 5) is 26.8. The number of anilines is 1. The second kappa shape index (κ2) is 7.97. The second-order valence-electron chi connectivity index (χ2n) is 5.37. The SMILES string of the molecule is CSc1ccccc1NC(=O)CN(C)C(=O)c1cc(F)ccc1C. The van der Waals surface area contributed by atoms with Crippen LogP contribution in [0.1, 0.15) is 15.9 Å². The zero-order valence-electron chi connectivity index (χ0n) is 13.8. The molecule has 0 spiro atoms. The van der Waals surface area contributed by atoms with Gasteiger partial charge in [0.1, 0.15) is 5.82 Å². The Balaban J connectivity index is 2.06. The second-order valence-corrected chi connectivity index (χ2v) is 6.22. The van der Waals surface area contributed by atoms with Gasteiger partial charge in [-0.05, 0) is 43.0 Å². The molecule has 0 radical (unpaired) electrons.